The molecule has 1 aliphatic heterocycles. The molecule has 76 valence electrons. The summed E-state index contributed by atoms with van der Waals surface area (Å²) < 4.78 is 0. The molecule has 0 fully saturated rings. The highest BCUT2D eigenvalue weighted by Gasteiger charge is 2.38. The number of nitrogens with zero attached hydrogens (tertiary/aromatic N) is 1. The highest BCUT2D eigenvalue weighted by atomic mass is 16.3. The molecule has 1 heterocycles. The first-order valence-corrected chi connectivity index (χ1v) is 4.88. The van der Waals surface area contributed by atoms with Crippen LogP contribution in [0.5, 0.6) is 0 Å². The molecule has 0 spiro atoms. The molecule has 0 bridgehead atoms. The molecular weight excluding hydrogens is 166 g/mol. The van der Waals surface area contributed by atoms with Crippen LogP contribution in [0.4, 0.5) is 0 Å². The monoisotopic (exact) mass is 185 g/mol. The van der Waals surface area contributed by atoms with Crippen molar-refractivity contribution in [3.8, 4) is 0 Å². The van der Waals surface area contributed by atoms with Gasteiger partial charge in [0.25, 0.3) is 0 Å². The lowest BCUT2D eigenvalue weighted by Gasteiger charge is -2.18. The van der Waals surface area contributed by atoms with Gasteiger partial charge in [-0.2, -0.15) is 0 Å². The van der Waals surface area contributed by atoms with Crippen molar-refractivity contribution in [1.29, 1.82) is 0 Å². The first-order chi connectivity index (χ1) is 5.95. The SMILES string of the molecule is CC(C)C1=NC(C(C)C)[C@H](O)[C@H]1O. The van der Waals surface area contributed by atoms with Gasteiger partial charge in [-0.15, -0.1) is 0 Å². The van der Waals surface area contributed by atoms with E-state index in [9.17, 15) is 10.2 Å². The van der Waals surface area contributed by atoms with E-state index >= 15 is 0 Å². The van der Waals surface area contributed by atoms with Crippen LogP contribution >= 0.6 is 0 Å². The minimum absolute atomic E-state index is 0.132. The van der Waals surface area contributed by atoms with Gasteiger partial charge in [0.05, 0.1) is 6.04 Å². The molecule has 1 rings (SSSR count). The van der Waals surface area contributed by atoms with Crippen LogP contribution in [0.15, 0.2) is 4.99 Å². The van der Waals surface area contributed by atoms with Gasteiger partial charge in [-0.3, -0.25) is 4.99 Å². The van der Waals surface area contributed by atoms with Crippen LogP contribution in [0.2, 0.25) is 0 Å². The molecule has 1 aliphatic rings. The molecule has 0 saturated carbocycles. The number of rotatable bonds is 2. The molecule has 2 N–H and O–H groups in total. The predicted octanol–water partition coefficient (Wildman–Crippen LogP) is 0.843. The smallest absolute Gasteiger partial charge is 0.120 e. The second-order valence-corrected chi connectivity index (χ2v) is 4.38. The first kappa shape index (κ1) is 10.7. The summed E-state index contributed by atoms with van der Waals surface area (Å²) in [6.45, 7) is 7.98. The van der Waals surface area contributed by atoms with Crippen molar-refractivity contribution < 1.29 is 10.2 Å². The maximum absolute atomic E-state index is 9.68. The van der Waals surface area contributed by atoms with Crippen LogP contribution in [-0.4, -0.2) is 34.2 Å². The third-order valence-electron chi connectivity index (χ3n) is 2.55. The van der Waals surface area contributed by atoms with Crippen LogP contribution in [-0.2, 0) is 0 Å². The van der Waals surface area contributed by atoms with Gasteiger partial charge in [0, 0.05) is 5.71 Å². The van der Waals surface area contributed by atoms with Gasteiger partial charge in [0.15, 0.2) is 0 Å². The molecule has 0 aromatic rings. The van der Waals surface area contributed by atoms with E-state index in [1.807, 2.05) is 27.7 Å². The summed E-state index contributed by atoms with van der Waals surface area (Å²) in [6.07, 6.45) is -1.47. The molecule has 0 aromatic heterocycles. The highest BCUT2D eigenvalue weighted by molar-refractivity contribution is 5.92. The van der Waals surface area contributed by atoms with Crippen LogP contribution in [0.3, 0.4) is 0 Å². The summed E-state index contributed by atoms with van der Waals surface area (Å²) in [7, 11) is 0. The lowest BCUT2D eigenvalue weighted by molar-refractivity contribution is 0.0439. The molecule has 3 atom stereocenters. The van der Waals surface area contributed by atoms with Gasteiger partial charge in [-0.25, -0.2) is 0 Å². The maximum atomic E-state index is 9.68. The second kappa shape index (κ2) is 3.76. The van der Waals surface area contributed by atoms with Crippen LogP contribution in [0.25, 0.3) is 0 Å². The number of hydrogen-bond donors (Lipinski definition) is 2. The normalized spacial score (nSPS) is 34.5. The molecule has 3 heteroatoms. The Kier molecular flexibility index (Phi) is 3.09. The predicted molar refractivity (Wildman–Crippen MR) is 52.9 cm³/mol. The van der Waals surface area contributed by atoms with Crippen LogP contribution < -0.4 is 0 Å². The van der Waals surface area contributed by atoms with E-state index < -0.39 is 12.2 Å². The van der Waals surface area contributed by atoms with E-state index in [2.05, 4.69) is 4.99 Å². The van der Waals surface area contributed by atoms with Crippen LogP contribution in [0, 0.1) is 11.8 Å². The van der Waals surface area contributed by atoms with Crippen LogP contribution in [0.1, 0.15) is 27.7 Å². The van der Waals surface area contributed by atoms with E-state index in [0.29, 0.717) is 0 Å². The van der Waals surface area contributed by atoms with Crippen molar-refractivity contribution in [2.75, 3.05) is 0 Å². The first-order valence-electron chi connectivity index (χ1n) is 4.88. The average molecular weight is 185 g/mol. The van der Waals surface area contributed by atoms with Gasteiger partial charge in [-0.05, 0) is 11.8 Å². The molecule has 3 nitrogen and oxygen atoms in total. The summed E-state index contributed by atoms with van der Waals surface area (Å²) in [6, 6.07) is -0.132. The van der Waals surface area contributed by atoms with Gasteiger partial charge < -0.3 is 10.2 Å². The molecular formula is C10H19NO2. The summed E-state index contributed by atoms with van der Waals surface area (Å²) >= 11 is 0. The standard InChI is InChI=1S/C10H19NO2/c1-5(2)7-9(12)10(13)8(11-7)6(3)4/h5-7,9-10,12-13H,1-4H3/t7?,9-,10-/m0/s1. The van der Waals surface area contributed by atoms with Gasteiger partial charge >= 0.3 is 0 Å². The fraction of sp³-hybridized carbons (Fsp3) is 0.900. The van der Waals surface area contributed by atoms with E-state index in [1.54, 1.807) is 0 Å². The fourth-order valence-corrected chi connectivity index (χ4v) is 1.72. The largest absolute Gasteiger partial charge is 0.388 e. The summed E-state index contributed by atoms with van der Waals surface area (Å²) in [5.41, 5.74) is 0.742. The van der Waals surface area contributed by atoms with Crippen molar-refractivity contribution in [3.05, 3.63) is 0 Å². The van der Waals surface area contributed by atoms with E-state index in [4.69, 9.17) is 0 Å². The Morgan fingerprint density at radius 1 is 1.15 bits per heavy atom. The van der Waals surface area contributed by atoms with E-state index in [0.717, 1.165) is 5.71 Å². The topological polar surface area (TPSA) is 52.8 Å². The van der Waals surface area contributed by atoms with E-state index in [1.165, 1.54) is 0 Å². The van der Waals surface area contributed by atoms with Crippen molar-refractivity contribution in [3.63, 3.8) is 0 Å². The number of aliphatic hydroxyl groups excluding tert-OH is 2. The molecule has 0 aliphatic carbocycles. The Bertz CT molecular complexity index is 211. The molecule has 1 unspecified atom stereocenters. The van der Waals surface area contributed by atoms with E-state index in [-0.39, 0.29) is 17.9 Å². The molecule has 0 saturated heterocycles. The molecule has 13 heavy (non-hydrogen) atoms. The number of hydrogen-bond acceptors (Lipinski definition) is 3. The van der Waals surface area contributed by atoms with Gasteiger partial charge in [0.2, 0.25) is 0 Å². The number of aliphatic imine (C=N–C) groups is 1. The third kappa shape index (κ3) is 1.92. The summed E-state index contributed by atoms with van der Waals surface area (Å²) in [5.74, 6) is 0.495. The Morgan fingerprint density at radius 3 is 1.92 bits per heavy atom. The maximum Gasteiger partial charge on any atom is 0.120 e. The Balaban J connectivity index is 2.82. The summed E-state index contributed by atoms with van der Waals surface area (Å²) in [5, 5.41) is 19.3. The lowest BCUT2D eigenvalue weighted by Crippen LogP contribution is -2.37. The minimum atomic E-state index is -0.757. The highest BCUT2D eigenvalue weighted by Crippen LogP contribution is 2.24. The quantitative estimate of drug-likeness (QED) is 0.670. The zero-order valence-electron chi connectivity index (χ0n) is 8.73. The van der Waals surface area contributed by atoms with Gasteiger partial charge in [-0.1, -0.05) is 27.7 Å². The Labute approximate surface area is 79.5 Å². The van der Waals surface area contributed by atoms with Crippen molar-refractivity contribution in [1.82, 2.24) is 0 Å². The summed E-state index contributed by atoms with van der Waals surface area (Å²) in [4.78, 5) is 4.37. The lowest BCUT2D eigenvalue weighted by atomic mass is 9.95. The van der Waals surface area contributed by atoms with Crippen molar-refractivity contribution in [2.45, 2.75) is 45.9 Å². The third-order valence-corrected chi connectivity index (χ3v) is 2.55. The molecule has 0 aromatic carbocycles. The second-order valence-electron chi connectivity index (χ2n) is 4.38. The zero-order valence-corrected chi connectivity index (χ0v) is 8.73. The minimum Gasteiger partial charge on any atom is -0.388 e. The number of aliphatic hydroxyl groups is 2. The molecule has 0 amide bonds. The fourth-order valence-electron chi connectivity index (χ4n) is 1.72. The Hall–Kier alpha value is -0.410. The van der Waals surface area contributed by atoms with Crippen molar-refractivity contribution >= 4 is 5.71 Å². The average Bonchev–Trinajstić information content (AvgIpc) is 2.29. The van der Waals surface area contributed by atoms with Gasteiger partial charge in [0.1, 0.15) is 12.2 Å². The van der Waals surface area contributed by atoms with Crippen molar-refractivity contribution in [2.24, 2.45) is 16.8 Å². The molecule has 0 radical (unpaired) electrons. The Morgan fingerprint density at radius 2 is 1.69 bits per heavy atom. The zero-order chi connectivity index (χ0) is 10.2.